The second-order valence-corrected chi connectivity index (χ2v) is 4.85. The van der Waals surface area contributed by atoms with Crippen molar-refractivity contribution in [3.8, 4) is 11.5 Å². The van der Waals surface area contributed by atoms with Crippen molar-refractivity contribution in [3.05, 3.63) is 59.2 Å². The van der Waals surface area contributed by atoms with Crippen LogP contribution in [0.3, 0.4) is 0 Å². The van der Waals surface area contributed by atoms with E-state index in [0.717, 1.165) is 0 Å². The molecule has 2 aromatic carbocycles. The smallest absolute Gasteiger partial charge is 0.338 e. The summed E-state index contributed by atoms with van der Waals surface area (Å²) in [5.41, 5.74) is 3.69. The van der Waals surface area contributed by atoms with Crippen molar-refractivity contribution in [1.82, 2.24) is 5.43 Å². The minimum absolute atomic E-state index is 0.142. The summed E-state index contributed by atoms with van der Waals surface area (Å²) < 4.78 is 15.1. The molecule has 0 aromatic heterocycles. The zero-order valence-electron chi connectivity index (χ0n) is 12.8. The van der Waals surface area contributed by atoms with Crippen molar-refractivity contribution >= 4 is 18.1 Å². The van der Waals surface area contributed by atoms with Gasteiger partial charge in [-0.15, -0.1) is 0 Å². The van der Waals surface area contributed by atoms with Crippen LogP contribution < -0.4 is 14.9 Å². The number of hydrazone groups is 1. The van der Waals surface area contributed by atoms with E-state index in [1.807, 2.05) is 0 Å². The number of fused-ring (bicyclic) bond motifs is 1. The molecule has 1 heterocycles. The summed E-state index contributed by atoms with van der Waals surface area (Å²) in [6, 6.07) is 11.6. The number of amides is 1. The van der Waals surface area contributed by atoms with Gasteiger partial charge in [-0.1, -0.05) is 18.2 Å². The normalized spacial score (nSPS) is 12.2. The van der Waals surface area contributed by atoms with Crippen LogP contribution in [0, 0.1) is 0 Å². The first-order valence-corrected chi connectivity index (χ1v) is 7.09. The lowest BCUT2D eigenvalue weighted by Gasteiger charge is -2.04. The van der Waals surface area contributed by atoms with Gasteiger partial charge < -0.3 is 14.2 Å². The fraction of sp³-hybridized carbons (Fsp3) is 0.118. The first-order valence-electron chi connectivity index (χ1n) is 7.09. The van der Waals surface area contributed by atoms with E-state index in [4.69, 9.17) is 14.2 Å². The lowest BCUT2D eigenvalue weighted by Crippen LogP contribution is -2.17. The fourth-order valence-corrected chi connectivity index (χ4v) is 2.17. The minimum atomic E-state index is -0.473. The van der Waals surface area contributed by atoms with Gasteiger partial charge in [0.05, 0.1) is 18.9 Å². The summed E-state index contributed by atoms with van der Waals surface area (Å²) in [7, 11) is 1.30. The van der Waals surface area contributed by atoms with Crippen molar-refractivity contribution in [3.63, 3.8) is 0 Å². The molecular weight excluding hydrogens is 312 g/mol. The zero-order chi connectivity index (χ0) is 16.9. The van der Waals surface area contributed by atoms with E-state index in [0.29, 0.717) is 28.2 Å². The van der Waals surface area contributed by atoms with Gasteiger partial charge in [0.1, 0.15) is 0 Å². The molecule has 0 spiro atoms. The molecule has 1 N–H and O–H groups in total. The topological polar surface area (TPSA) is 86.2 Å². The molecule has 7 nitrogen and oxygen atoms in total. The van der Waals surface area contributed by atoms with Crippen LogP contribution in [0.2, 0.25) is 0 Å². The summed E-state index contributed by atoms with van der Waals surface area (Å²) in [5, 5.41) is 3.88. The number of carbonyl (C=O) groups is 2. The highest BCUT2D eigenvalue weighted by atomic mass is 16.7. The Kier molecular flexibility index (Phi) is 4.42. The Hall–Kier alpha value is -3.35. The maximum Gasteiger partial charge on any atom is 0.338 e. The Balaban J connectivity index is 1.70. The maximum absolute atomic E-state index is 12.1. The van der Waals surface area contributed by atoms with Crippen LogP contribution in [0.1, 0.15) is 26.3 Å². The Bertz CT molecular complexity index is 816. The second-order valence-electron chi connectivity index (χ2n) is 4.85. The van der Waals surface area contributed by atoms with Crippen LogP contribution in [0.25, 0.3) is 0 Å². The molecule has 2 aromatic rings. The molecule has 1 aliphatic heterocycles. The molecule has 0 fully saturated rings. The number of nitrogens with one attached hydrogen (secondary N) is 1. The first kappa shape index (κ1) is 15.5. The van der Waals surface area contributed by atoms with Crippen molar-refractivity contribution in [2.75, 3.05) is 13.9 Å². The molecule has 0 saturated heterocycles. The van der Waals surface area contributed by atoms with Gasteiger partial charge in [0.15, 0.2) is 11.5 Å². The standard InChI is InChI=1S/C17H14N2O5/c1-22-17(21)13-5-3-2-4-12(13)9-18-19-16(20)11-6-7-14-15(8-11)24-10-23-14/h2-9H,10H2,1H3,(H,19,20)/b18-9-. The number of ether oxygens (including phenoxy) is 3. The van der Waals surface area contributed by atoms with Gasteiger partial charge in [0, 0.05) is 11.1 Å². The van der Waals surface area contributed by atoms with Gasteiger partial charge >= 0.3 is 5.97 Å². The van der Waals surface area contributed by atoms with E-state index in [2.05, 4.69) is 10.5 Å². The number of rotatable bonds is 4. The van der Waals surface area contributed by atoms with Crippen LogP contribution in [-0.2, 0) is 4.74 Å². The molecule has 0 bridgehead atoms. The van der Waals surface area contributed by atoms with Crippen molar-refractivity contribution < 1.29 is 23.8 Å². The number of benzene rings is 2. The number of carbonyl (C=O) groups excluding carboxylic acids is 2. The van der Waals surface area contributed by atoms with E-state index in [-0.39, 0.29) is 6.79 Å². The Labute approximate surface area is 137 Å². The third-order valence-corrected chi connectivity index (χ3v) is 3.37. The van der Waals surface area contributed by atoms with Crippen LogP contribution >= 0.6 is 0 Å². The van der Waals surface area contributed by atoms with E-state index >= 15 is 0 Å². The van der Waals surface area contributed by atoms with Gasteiger partial charge in [-0.3, -0.25) is 4.79 Å². The third-order valence-electron chi connectivity index (χ3n) is 3.37. The Morgan fingerprint density at radius 2 is 1.96 bits per heavy atom. The number of esters is 1. The lowest BCUT2D eigenvalue weighted by atomic mass is 10.1. The molecule has 0 radical (unpaired) electrons. The highest BCUT2D eigenvalue weighted by Gasteiger charge is 2.16. The molecule has 0 aliphatic carbocycles. The van der Waals surface area contributed by atoms with Crippen molar-refractivity contribution in [2.24, 2.45) is 5.10 Å². The minimum Gasteiger partial charge on any atom is -0.465 e. The van der Waals surface area contributed by atoms with Gasteiger partial charge in [0.2, 0.25) is 6.79 Å². The quantitative estimate of drug-likeness (QED) is 0.527. The highest BCUT2D eigenvalue weighted by Crippen LogP contribution is 2.32. The summed E-state index contributed by atoms with van der Waals surface area (Å²) >= 11 is 0. The number of nitrogens with zero attached hydrogens (tertiary/aromatic N) is 1. The molecule has 0 saturated carbocycles. The number of methoxy groups -OCH3 is 1. The summed E-state index contributed by atoms with van der Waals surface area (Å²) in [5.74, 6) is 0.240. The van der Waals surface area contributed by atoms with Crippen LogP contribution in [0.15, 0.2) is 47.6 Å². The Morgan fingerprint density at radius 3 is 2.79 bits per heavy atom. The van der Waals surface area contributed by atoms with Crippen LogP contribution in [-0.4, -0.2) is 32.0 Å². The van der Waals surface area contributed by atoms with E-state index in [1.165, 1.54) is 13.3 Å². The largest absolute Gasteiger partial charge is 0.465 e. The number of hydrogen-bond acceptors (Lipinski definition) is 6. The summed E-state index contributed by atoms with van der Waals surface area (Å²) in [6.07, 6.45) is 1.39. The first-order chi connectivity index (χ1) is 11.7. The molecule has 1 amide bonds. The monoisotopic (exact) mass is 326 g/mol. The van der Waals surface area contributed by atoms with Gasteiger partial charge in [-0.25, -0.2) is 10.2 Å². The fourth-order valence-electron chi connectivity index (χ4n) is 2.17. The molecule has 0 atom stereocenters. The van der Waals surface area contributed by atoms with E-state index in [1.54, 1.807) is 42.5 Å². The SMILES string of the molecule is COC(=O)c1ccccc1/C=N\NC(=O)c1ccc2c(c1)OCO2. The maximum atomic E-state index is 12.1. The summed E-state index contributed by atoms with van der Waals surface area (Å²) in [4.78, 5) is 23.8. The predicted molar refractivity (Wildman–Crippen MR) is 85.4 cm³/mol. The van der Waals surface area contributed by atoms with Crippen molar-refractivity contribution in [1.29, 1.82) is 0 Å². The lowest BCUT2D eigenvalue weighted by molar-refractivity contribution is 0.0600. The highest BCUT2D eigenvalue weighted by molar-refractivity contribution is 6.00. The molecule has 3 rings (SSSR count). The van der Waals surface area contributed by atoms with Gasteiger partial charge in [0.25, 0.3) is 5.91 Å². The van der Waals surface area contributed by atoms with E-state index < -0.39 is 11.9 Å². The zero-order valence-corrected chi connectivity index (χ0v) is 12.8. The molecule has 24 heavy (non-hydrogen) atoms. The average molecular weight is 326 g/mol. The van der Waals surface area contributed by atoms with E-state index in [9.17, 15) is 9.59 Å². The van der Waals surface area contributed by atoms with Gasteiger partial charge in [-0.05, 0) is 24.3 Å². The molecule has 1 aliphatic rings. The van der Waals surface area contributed by atoms with Crippen LogP contribution in [0.4, 0.5) is 0 Å². The average Bonchev–Trinajstić information content (AvgIpc) is 3.09. The number of hydrogen-bond donors (Lipinski definition) is 1. The summed E-state index contributed by atoms with van der Waals surface area (Å²) in [6.45, 7) is 0.142. The van der Waals surface area contributed by atoms with Crippen molar-refractivity contribution in [2.45, 2.75) is 0 Å². The van der Waals surface area contributed by atoms with Gasteiger partial charge in [-0.2, -0.15) is 5.10 Å². The molecule has 7 heteroatoms. The Morgan fingerprint density at radius 1 is 1.17 bits per heavy atom. The molecular formula is C17H14N2O5. The molecule has 122 valence electrons. The van der Waals surface area contributed by atoms with Crippen LogP contribution in [0.5, 0.6) is 11.5 Å². The molecule has 0 unspecified atom stereocenters. The third kappa shape index (κ3) is 3.19. The second kappa shape index (κ2) is 6.82. The predicted octanol–water partition coefficient (Wildman–Crippen LogP) is 1.97.